The number of sulfonamides is 1. The second-order valence-electron chi connectivity index (χ2n) is 3.54. The summed E-state index contributed by atoms with van der Waals surface area (Å²) < 4.78 is 35.9. The van der Waals surface area contributed by atoms with Crippen molar-refractivity contribution in [3.05, 3.63) is 12.1 Å². The molecule has 0 aromatic heterocycles. The molecule has 1 amide bonds. The molecule has 0 fully saturated rings. The molecule has 1 aromatic carbocycles. The number of methoxy groups -OCH3 is 2. The lowest BCUT2D eigenvalue weighted by Crippen LogP contribution is -2.33. The van der Waals surface area contributed by atoms with Crippen molar-refractivity contribution in [3.63, 3.8) is 0 Å². The molecule has 0 aliphatic rings. The Morgan fingerprint density at radius 3 is 2.32 bits per heavy atom. The second-order valence-corrected chi connectivity index (χ2v) is 5.27. The summed E-state index contributed by atoms with van der Waals surface area (Å²) in [6.07, 6.45) is 0. The van der Waals surface area contributed by atoms with Crippen molar-refractivity contribution in [1.29, 1.82) is 0 Å². The predicted octanol–water partition coefficient (Wildman–Crippen LogP) is -0.950. The zero-order valence-corrected chi connectivity index (χ0v) is 11.3. The number of benzene rings is 1. The number of ether oxygens (including phenoxy) is 2. The van der Waals surface area contributed by atoms with Crippen LogP contribution >= 0.6 is 0 Å². The van der Waals surface area contributed by atoms with Crippen LogP contribution in [0.4, 0.5) is 5.69 Å². The molecule has 0 bridgehead atoms. The molecule has 1 rings (SSSR count). The number of carbonyl (C=O) groups excluding carboxylic acids is 1. The summed E-state index contributed by atoms with van der Waals surface area (Å²) in [7, 11) is -1.26. The molecule has 0 unspecified atom stereocenters. The highest BCUT2D eigenvalue weighted by Crippen LogP contribution is 2.33. The van der Waals surface area contributed by atoms with Crippen LogP contribution in [0.15, 0.2) is 17.0 Å². The highest BCUT2D eigenvalue weighted by Gasteiger charge is 2.22. The summed E-state index contributed by atoms with van der Waals surface area (Å²) in [5.41, 5.74) is 10.7. The Labute approximate surface area is 110 Å². The van der Waals surface area contributed by atoms with Gasteiger partial charge in [0.25, 0.3) is 0 Å². The van der Waals surface area contributed by atoms with E-state index in [1.165, 1.54) is 26.4 Å². The first-order valence-corrected chi connectivity index (χ1v) is 6.59. The molecule has 19 heavy (non-hydrogen) atoms. The third-order valence-corrected chi connectivity index (χ3v) is 3.66. The van der Waals surface area contributed by atoms with Crippen LogP contribution < -0.4 is 25.7 Å². The average Bonchev–Trinajstić information content (AvgIpc) is 2.36. The molecule has 1 aromatic rings. The molecule has 0 heterocycles. The lowest BCUT2D eigenvalue weighted by Gasteiger charge is -2.13. The maximum atomic E-state index is 12.0. The molecule has 0 atom stereocenters. The number of nitrogens with two attached hydrogens (primary N) is 2. The van der Waals surface area contributed by atoms with Gasteiger partial charge in [0.1, 0.15) is 16.4 Å². The molecule has 8 nitrogen and oxygen atoms in total. The molecule has 0 aliphatic carbocycles. The van der Waals surface area contributed by atoms with Crippen LogP contribution in [0.2, 0.25) is 0 Å². The van der Waals surface area contributed by atoms with Gasteiger partial charge in [-0.2, -0.15) is 0 Å². The quantitative estimate of drug-likeness (QED) is 0.578. The van der Waals surface area contributed by atoms with E-state index in [2.05, 4.69) is 0 Å². The third kappa shape index (κ3) is 3.48. The molecule has 0 saturated heterocycles. The number of nitrogen functional groups attached to an aromatic ring is 1. The Hall–Kier alpha value is -2.00. The van der Waals surface area contributed by atoms with Crippen molar-refractivity contribution in [1.82, 2.24) is 4.72 Å². The Kier molecular flexibility index (Phi) is 4.57. The van der Waals surface area contributed by atoms with Crippen LogP contribution in [0.25, 0.3) is 0 Å². The van der Waals surface area contributed by atoms with Gasteiger partial charge >= 0.3 is 0 Å². The Balaban J connectivity index is 3.25. The largest absolute Gasteiger partial charge is 0.495 e. The lowest BCUT2D eigenvalue weighted by atomic mass is 10.3. The van der Waals surface area contributed by atoms with Gasteiger partial charge in [-0.25, -0.2) is 13.1 Å². The molecule has 0 saturated carbocycles. The number of nitrogens with one attached hydrogen (secondary N) is 1. The third-order valence-electron chi connectivity index (χ3n) is 2.24. The Bertz CT molecular complexity index is 585. The SMILES string of the molecule is COc1cc(OC)c(S(=O)(=O)NCC(N)=O)cc1N. The van der Waals surface area contributed by atoms with E-state index in [1.54, 1.807) is 0 Å². The van der Waals surface area contributed by atoms with E-state index in [9.17, 15) is 13.2 Å². The van der Waals surface area contributed by atoms with Crippen LogP contribution in [0, 0.1) is 0 Å². The number of carbonyl (C=O) groups is 1. The summed E-state index contributed by atoms with van der Waals surface area (Å²) in [6, 6.07) is 2.52. The van der Waals surface area contributed by atoms with Crippen LogP contribution in [0.3, 0.4) is 0 Å². The number of amides is 1. The molecular weight excluding hydrogens is 274 g/mol. The predicted molar refractivity (Wildman–Crippen MR) is 68.3 cm³/mol. The van der Waals surface area contributed by atoms with E-state index in [0.717, 1.165) is 0 Å². The Morgan fingerprint density at radius 2 is 1.84 bits per heavy atom. The average molecular weight is 289 g/mol. The van der Waals surface area contributed by atoms with Gasteiger partial charge in [0.05, 0.1) is 26.5 Å². The zero-order chi connectivity index (χ0) is 14.6. The number of rotatable bonds is 6. The summed E-state index contributed by atoms with van der Waals surface area (Å²) in [4.78, 5) is 10.4. The van der Waals surface area contributed by atoms with Crippen LogP contribution in [-0.4, -0.2) is 35.1 Å². The number of hydrogen-bond donors (Lipinski definition) is 3. The first-order chi connectivity index (χ1) is 8.81. The van der Waals surface area contributed by atoms with E-state index >= 15 is 0 Å². The number of hydrogen-bond acceptors (Lipinski definition) is 6. The van der Waals surface area contributed by atoms with E-state index in [4.69, 9.17) is 20.9 Å². The number of primary amides is 1. The molecular formula is C10H15N3O5S. The summed E-state index contributed by atoms with van der Waals surface area (Å²) in [5.74, 6) is -0.474. The monoisotopic (exact) mass is 289 g/mol. The fourth-order valence-electron chi connectivity index (χ4n) is 1.35. The summed E-state index contributed by atoms with van der Waals surface area (Å²) in [5, 5.41) is 0. The maximum Gasteiger partial charge on any atom is 0.244 e. The molecule has 9 heteroatoms. The fourth-order valence-corrected chi connectivity index (χ4v) is 2.52. The maximum absolute atomic E-state index is 12.0. The van der Waals surface area contributed by atoms with Gasteiger partial charge in [-0.05, 0) is 6.07 Å². The smallest absolute Gasteiger partial charge is 0.244 e. The topological polar surface area (TPSA) is 134 Å². The summed E-state index contributed by atoms with van der Waals surface area (Å²) in [6.45, 7) is -0.516. The van der Waals surface area contributed by atoms with Crippen LogP contribution in [0.1, 0.15) is 0 Å². The van der Waals surface area contributed by atoms with Gasteiger partial charge in [0.15, 0.2) is 0 Å². The lowest BCUT2D eigenvalue weighted by molar-refractivity contribution is -0.116. The van der Waals surface area contributed by atoms with Gasteiger partial charge in [0.2, 0.25) is 15.9 Å². The van der Waals surface area contributed by atoms with Gasteiger partial charge in [-0.15, -0.1) is 0 Å². The minimum Gasteiger partial charge on any atom is -0.495 e. The van der Waals surface area contributed by atoms with Crippen molar-refractivity contribution in [3.8, 4) is 11.5 Å². The second kappa shape index (κ2) is 5.76. The van der Waals surface area contributed by atoms with Gasteiger partial charge in [-0.1, -0.05) is 0 Å². The first-order valence-electron chi connectivity index (χ1n) is 5.11. The Morgan fingerprint density at radius 1 is 1.26 bits per heavy atom. The van der Waals surface area contributed by atoms with Crippen molar-refractivity contribution >= 4 is 21.6 Å². The van der Waals surface area contributed by atoms with E-state index in [0.29, 0.717) is 0 Å². The van der Waals surface area contributed by atoms with Crippen LogP contribution in [0.5, 0.6) is 11.5 Å². The molecule has 0 spiro atoms. The first kappa shape index (κ1) is 15.1. The molecule has 5 N–H and O–H groups in total. The van der Waals surface area contributed by atoms with E-state index in [-0.39, 0.29) is 22.1 Å². The standard InChI is InChI=1S/C10H15N3O5S/c1-17-7-4-8(18-2)9(3-6(7)11)19(15,16)13-5-10(12)14/h3-4,13H,5,11H2,1-2H3,(H2,12,14). The fraction of sp³-hybridized carbons (Fsp3) is 0.300. The van der Waals surface area contributed by atoms with E-state index in [1.807, 2.05) is 4.72 Å². The van der Waals surface area contributed by atoms with Crippen molar-refractivity contribution < 1.29 is 22.7 Å². The van der Waals surface area contributed by atoms with Crippen molar-refractivity contribution in [2.24, 2.45) is 5.73 Å². The number of anilines is 1. The highest BCUT2D eigenvalue weighted by molar-refractivity contribution is 7.89. The normalized spacial score (nSPS) is 11.1. The highest BCUT2D eigenvalue weighted by atomic mass is 32.2. The van der Waals surface area contributed by atoms with Crippen molar-refractivity contribution in [2.45, 2.75) is 4.90 Å². The van der Waals surface area contributed by atoms with Crippen LogP contribution in [-0.2, 0) is 14.8 Å². The minimum absolute atomic E-state index is 0.0445. The van der Waals surface area contributed by atoms with E-state index < -0.39 is 22.5 Å². The molecule has 0 aliphatic heterocycles. The van der Waals surface area contributed by atoms with Gasteiger partial charge in [-0.3, -0.25) is 4.79 Å². The van der Waals surface area contributed by atoms with Gasteiger partial charge < -0.3 is 20.9 Å². The molecule has 106 valence electrons. The minimum atomic E-state index is -3.96. The van der Waals surface area contributed by atoms with Crippen molar-refractivity contribution in [2.75, 3.05) is 26.5 Å². The molecule has 0 radical (unpaired) electrons. The zero-order valence-electron chi connectivity index (χ0n) is 10.5. The summed E-state index contributed by atoms with van der Waals surface area (Å²) >= 11 is 0. The van der Waals surface area contributed by atoms with Gasteiger partial charge in [0, 0.05) is 6.07 Å².